The van der Waals surface area contributed by atoms with Crippen molar-refractivity contribution in [2.75, 3.05) is 20.2 Å². The smallest absolute Gasteiger partial charge is 0.475 e. The van der Waals surface area contributed by atoms with Gasteiger partial charge in [-0.15, -0.1) is 0 Å². The van der Waals surface area contributed by atoms with E-state index in [9.17, 15) is 27.6 Å². The number of fused-ring (bicyclic) bond motifs is 3. The summed E-state index contributed by atoms with van der Waals surface area (Å²) in [6.45, 7) is 6.25. The second-order valence-electron chi connectivity index (χ2n) is 8.70. The molecule has 0 aliphatic carbocycles. The number of aryl methyl sites for hydroxylation is 1. The van der Waals surface area contributed by atoms with Crippen LogP contribution in [0.4, 0.5) is 13.2 Å². The summed E-state index contributed by atoms with van der Waals surface area (Å²) >= 11 is 1.53. The number of carbonyl (C=O) groups is 4. The maximum Gasteiger partial charge on any atom is 0.490 e. The Morgan fingerprint density at radius 3 is 2.31 bits per heavy atom. The van der Waals surface area contributed by atoms with Crippen LogP contribution in [0.5, 0.6) is 0 Å². The first-order valence-corrected chi connectivity index (χ1v) is 12.0. The second-order valence-corrected chi connectivity index (χ2v) is 9.64. The molecule has 2 fully saturated rings. The average molecular weight is 530 g/mol. The fourth-order valence-corrected chi connectivity index (χ4v) is 5.98. The second kappa shape index (κ2) is 10.1. The standard InChI is InChI=1S/C21H25N3O4S.C2HF3O2/c1-5-23-17(25)15-14-10-22-20(29-11-13-8-6-12(2)7-9-13)24(14)21(3,19(27)28-4)16(15)18(23)26;3-2(4,5)1(6)7/h6-9,14-16H,5,10-11H2,1-4H3;(H,6,7)/t14-,15+,16-,21-;/m1./s1. The number of aliphatic imine (C=N–C) groups is 1. The lowest BCUT2D eigenvalue weighted by Gasteiger charge is -2.37. The number of likely N-dealkylation sites (tertiary alicyclic amines) is 1. The highest BCUT2D eigenvalue weighted by Gasteiger charge is 2.71. The lowest BCUT2D eigenvalue weighted by Crippen LogP contribution is -2.57. The number of carbonyl (C=O) groups excluding carboxylic acids is 3. The van der Waals surface area contributed by atoms with E-state index in [1.807, 2.05) is 11.8 Å². The van der Waals surface area contributed by atoms with E-state index in [0.717, 1.165) is 5.56 Å². The summed E-state index contributed by atoms with van der Waals surface area (Å²) < 4.78 is 36.8. The molecule has 13 heteroatoms. The minimum atomic E-state index is -5.08. The van der Waals surface area contributed by atoms with Gasteiger partial charge in [-0.2, -0.15) is 13.2 Å². The van der Waals surface area contributed by atoms with Crippen molar-refractivity contribution in [1.82, 2.24) is 9.80 Å². The third-order valence-corrected chi connectivity index (χ3v) is 7.62. The summed E-state index contributed by atoms with van der Waals surface area (Å²) in [5, 5.41) is 7.82. The number of carboxylic acid groups (broad SMARTS) is 1. The lowest BCUT2D eigenvalue weighted by molar-refractivity contribution is -0.192. The van der Waals surface area contributed by atoms with Crippen molar-refractivity contribution in [3.8, 4) is 0 Å². The zero-order valence-corrected chi connectivity index (χ0v) is 20.9. The molecule has 3 heterocycles. The minimum Gasteiger partial charge on any atom is -0.475 e. The van der Waals surface area contributed by atoms with Gasteiger partial charge >= 0.3 is 18.1 Å². The Labute approximate surface area is 209 Å². The summed E-state index contributed by atoms with van der Waals surface area (Å²) in [7, 11) is 1.32. The molecule has 2 amide bonds. The number of benzene rings is 1. The molecule has 2 saturated heterocycles. The number of alkyl halides is 3. The number of ether oxygens (including phenoxy) is 1. The summed E-state index contributed by atoms with van der Waals surface area (Å²) in [6, 6.07) is 7.96. The molecule has 0 unspecified atom stereocenters. The van der Waals surface area contributed by atoms with Gasteiger partial charge in [-0.3, -0.25) is 19.5 Å². The number of nitrogens with zero attached hydrogens (tertiary/aromatic N) is 3. The zero-order chi connectivity index (χ0) is 27.0. The number of aliphatic carboxylic acids is 1. The molecular weight excluding hydrogens is 503 g/mol. The number of hydrogen-bond acceptors (Lipinski definition) is 8. The number of esters is 1. The number of amidine groups is 1. The average Bonchev–Trinajstić information content (AvgIpc) is 3.43. The van der Waals surface area contributed by atoms with Crippen molar-refractivity contribution >= 4 is 40.7 Å². The number of halogens is 3. The van der Waals surface area contributed by atoms with Gasteiger partial charge in [-0.25, -0.2) is 9.59 Å². The normalized spacial score (nSPS) is 26.8. The summed E-state index contributed by atoms with van der Waals surface area (Å²) in [5.41, 5.74) is 1.10. The van der Waals surface area contributed by atoms with Gasteiger partial charge in [0.25, 0.3) is 0 Å². The molecular formula is C23H26F3N3O6S. The number of hydrogen-bond donors (Lipinski definition) is 1. The predicted molar refractivity (Wildman–Crippen MR) is 124 cm³/mol. The largest absolute Gasteiger partial charge is 0.490 e. The van der Waals surface area contributed by atoms with Crippen molar-refractivity contribution in [3.63, 3.8) is 0 Å². The topological polar surface area (TPSA) is 117 Å². The van der Waals surface area contributed by atoms with Gasteiger partial charge < -0.3 is 14.7 Å². The number of carboxylic acids is 1. The monoisotopic (exact) mass is 529 g/mol. The van der Waals surface area contributed by atoms with Crippen LogP contribution < -0.4 is 0 Å². The molecule has 4 rings (SSSR count). The minimum absolute atomic E-state index is 0.204. The highest BCUT2D eigenvalue weighted by atomic mass is 32.2. The summed E-state index contributed by atoms with van der Waals surface area (Å²) in [4.78, 5) is 55.6. The summed E-state index contributed by atoms with van der Waals surface area (Å²) in [5.74, 6) is -4.35. The van der Waals surface area contributed by atoms with Crippen LogP contribution in [0.2, 0.25) is 0 Å². The molecule has 3 aliphatic heterocycles. The van der Waals surface area contributed by atoms with E-state index in [1.54, 1.807) is 13.8 Å². The van der Waals surface area contributed by atoms with E-state index in [2.05, 4.69) is 29.3 Å². The molecule has 0 radical (unpaired) electrons. The molecule has 36 heavy (non-hydrogen) atoms. The molecule has 1 N–H and O–H groups in total. The van der Waals surface area contributed by atoms with Crippen LogP contribution in [-0.4, -0.2) is 81.8 Å². The van der Waals surface area contributed by atoms with Crippen molar-refractivity contribution in [2.24, 2.45) is 16.8 Å². The number of thioether (sulfide) groups is 1. The Bertz CT molecular complexity index is 1090. The van der Waals surface area contributed by atoms with Crippen LogP contribution >= 0.6 is 11.8 Å². The maximum atomic E-state index is 13.0. The Kier molecular flexibility index (Phi) is 7.72. The molecule has 4 atom stereocenters. The van der Waals surface area contributed by atoms with Gasteiger partial charge in [-0.1, -0.05) is 41.6 Å². The molecule has 0 spiro atoms. The molecule has 9 nitrogen and oxygen atoms in total. The Morgan fingerprint density at radius 2 is 1.81 bits per heavy atom. The van der Waals surface area contributed by atoms with Crippen LogP contribution in [0.1, 0.15) is 25.0 Å². The predicted octanol–water partition coefficient (Wildman–Crippen LogP) is 2.47. The van der Waals surface area contributed by atoms with Gasteiger partial charge in [0.15, 0.2) is 5.17 Å². The van der Waals surface area contributed by atoms with Crippen LogP contribution in [0.15, 0.2) is 29.3 Å². The van der Waals surface area contributed by atoms with Crippen LogP contribution in [0.3, 0.4) is 0 Å². The van der Waals surface area contributed by atoms with E-state index in [0.29, 0.717) is 24.0 Å². The fourth-order valence-electron chi connectivity index (χ4n) is 4.86. The van der Waals surface area contributed by atoms with E-state index >= 15 is 0 Å². The van der Waals surface area contributed by atoms with E-state index in [-0.39, 0.29) is 17.9 Å². The highest BCUT2D eigenvalue weighted by Crippen LogP contribution is 2.52. The van der Waals surface area contributed by atoms with Crippen molar-refractivity contribution in [2.45, 2.75) is 44.3 Å². The first-order chi connectivity index (χ1) is 16.8. The van der Waals surface area contributed by atoms with Gasteiger partial charge in [0.2, 0.25) is 11.8 Å². The molecule has 0 aromatic heterocycles. The first-order valence-electron chi connectivity index (χ1n) is 11.0. The highest BCUT2D eigenvalue weighted by molar-refractivity contribution is 8.13. The first kappa shape index (κ1) is 27.5. The number of imide groups is 1. The molecule has 3 aliphatic rings. The summed E-state index contributed by atoms with van der Waals surface area (Å²) in [6.07, 6.45) is -5.08. The molecule has 1 aromatic carbocycles. The van der Waals surface area contributed by atoms with Crippen LogP contribution in [0.25, 0.3) is 0 Å². The maximum absolute atomic E-state index is 13.0. The number of methoxy groups -OCH3 is 1. The molecule has 1 aromatic rings. The molecule has 0 bridgehead atoms. The van der Waals surface area contributed by atoms with Gasteiger partial charge in [0.1, 0.15) is 5.54 Å². The Morgan fingerprint density at radius 1 is 1.22 bits per heavy atom. The van der Waals surface area contributed by atoms with Crippen molar-refractivity contribution < 1.29 is 42.2 Å². The van der Waals surface area contributed by atoms with E-state index in [1.165, 1.54) is 29.3 Å². The fraction of sp³-hybridized carbons (Fsp3) is 0.522. The Balaban J connectivity index is 0.000000454. The number of amides is 2. The van der Waals surface area contributed by atoms with Crippen LogP contribution in [0, 0.1) is 18.8 Å². The van der Waals surface area contributed by atoms with Gasteiger partial charge in [0, 0.05) is 12.3 Å². The number of rotatable bonds is 4. The Hall–Kier alpha value is -3.09. The SMILES string of the molecule is CCN1C(=O)[C@H]2[C@H]3CN=C(SCc4ccc(C)cc4)N3[C@@](C)(C(=O)OC)[C@H]2C1=O.O=C(O)C(F)(F)F. The molecule has 0 saturated carbocycles. The van der Waals surface area contributed by atoms with Gasteiger partial charge in [0.05, 0.1) is 31.5 Å². The third kappa shape index (κ3) is 4.67. The van der Waals surface area contributed by atoms with Gasteiger partial charge in [-0.05, 0) is 26.3 Å². The quantitative estimate of drug-likeness (QED) is 0.467. The van der Waals surface area contributed by atoms with Crippen molar-refractivity contribution in [1.29, 1.82) is 0 Å². The van der Waals surface area contributed by atoms with E-state index < -0.39 is 35.5 Å². The molecule has 196 valence electrons. The van der Waals surface area contributed by atoms with Crippen molar-refractivity contribution in [3.05, 3.63) is 35.4 Å². The lowest BCUT2D eigenvalue weighted by atomic mass is 9.81. The van der Waals surface area contributed by atoms with Crippen LogP contribution in [-0.2, 0) is 29.7 Å². The third-order valence-electron chi connectivity index (χ3n) is 6.56. The zero-order valence-electron chi connectivity index (χ0n) is 20.0. The van der Waals surface area contributed by atoms with E-state index in [4.69, 9.17) is 14.6 Å².